The zero-order valence-corrected chi connectivity index (χ0v) is 49.7. The third-order valence-corrected chi connectivity index (χ3v) is 23.3. The van der Waals surface area contributed by atoms with Gasteiger partial charge < -0.3 is 129 Å². The lowest BCUT2D eigenvalue weighted by molar-refractivity contribution is -0.389. The molecule has 28 heteroatoms. The van der Waals surface area contributed by atoms with E-state index in [9.17, 15) is 92.1 Å². The van der Waals surface area contributed by atoms with Crippen LogP contribution in [0, 0.1) is 50.2 Å². The Labute approximate surface area is 498 Å². The first-order chi connectivity index (χ1) is 40.3. The SMILES string of the molecule is CC1OC(OC2C(O)C(O)COC2C(OO)C23CCC(C)(C)CC2C2=CCC4C5(C)CC(O)C(OC6OC(COC7OC(CO)C(O)C(O)C7O)C(O)C(O)C6O)C(C)(CO)C5CCC4(C)C2(C)CC3O)C(O)C(O)C1OC1OCC(O)C(O)C1O. The van der Waals surface area contributed by atoms with E-state index in [1.54, 1.807) is 6.92 Å². The van der Waals surface area contributed by atoms with Crippen LogP contribution in [-0.4, -0.2) is 291 Å². The lowest BCUT2D eigenvalue weighted by atomic mass is 9.32. The summed E-state index contributed by atoms with van der Waals surface area (Å²) in [5.74, 6) is -1.05. The van der Waals surface area contributed by atoms with Gasteiger partial charge >= 0.3 is 0 Å². The van der Waals surface area contributed by atoms with Gasteiger partial charge in [0.2, 0.25) is 0 Å². The average molecular weight is 1240 g/mol. The highest BCUT2D eigenvalue weighted by Crippen LogP contribution is 2.76. The Kier molecular flexibility index (Phi) is 19.5. The Morgan fingerprint density at radius 1 is 0.570 bits per heavy atom. The molecule has 18 N–H and O–H groups in total. The van der Waals surface area contributed by atoms with Crippen molar-refractivity contribution in [3.8, 4) is 0 Å². The third kappa shape index (κ3) is 10.9. The average Bonchev–Trinajstić information content (AvgIpc) is 0.674. The maximum absolute atomic E-state index is 13.3. The molecule has 5 aliphatic carbocycles. The topological polar surface area (TPSA) is 456 Å². The van der Waals surface area contributed by atoms with Gasteiger partial charge in [-0.3, -0.25) is 5.26 Å². The summed E-state index contributed by atoms with van der Waals surface area (Å²) in [4.78, 5) is 5.56. The molecule has 5 saturated heterocycles. The standard InChI is InChI=1S/C58H96O28/c1-22-44(83-50-40(72)33(65)26(62)19-78-50)39(71)43(75)51(80-22)84-45-34(66)27(63)18-77-46(45)48(86-76)58-13-12-53(2,3)14-24(58)23-8-9-31-54(4)15-25(61)47(55(5,21-60)30(54)10-11-56(31,6)57(23,7)16-32(58)64)85-52-42(74)38(70)36(68)29(82-52)20-79-49-41(73)37(69)35(67)28(17-59)81-49/h8,22,24-52,59-76H,9-21H2,1-7H3. The summed E-state index contributed by atoms with van der Waals surface area (Å²) in [6.07, 6.45) is -37.2. The number of ether oxygens (including phenoxy) is 9. The zero-order chi connectivity index (χ0) is 62.9. The van der Waals surface area contributed by atoms with Crippen LogP contribution in [-0.2, 0) is 47.5 Å². The fourth-order valence-electron chi connectivity index (χ4n) is 18.2. The van der Waals surface area contributed by atoms with Crippen molar-refractivity contribution < 1.29 is 140 Å². The van der Waals surface area contributed by atoms with E-state index in [-0.39, 0.29) is 36.5 Å². The molecular formula is C58H96O28. The lowest BCUT2D eigenvalue weighted by Gasteiger charge is -2.73. The summed E-state index contributed by atoms with van der Waals surface area (Å²) in [7, 11) is 0. The zero-order valence-electron chi connectivity index (χ0n) is 49.7. The summed E-state index contributed by atoms with van der Waals surface area (Å²) in [5.41, 5.74) is -3.95. The second-order valence-corrected chi connectivity index (χ2v) is 28.6. The molecule has 10 rings (SSSR count). The predicted octanol–water partition coefficient (Wildman–Crippen LogP) is -4.63. The van der Waals surface area contributed by atoms with E-state index in [4.69, 9.17) is 47.5 Å². The highest BCUT2D eigenvalue weighted by molar-refractivity contribution is 5.36. The van der Waals surface area contributed by atoms with Crippen LogP contribution in [0.3, 0.4) is 0 Å². The predicted molar refractivity (Wildman–Crippen MR) is 288 cm³/mol. The van der Waals surface area contributed by atoms with Crippen molar-refractivity contribution in [2.45, 2.75) is 265 Å². The molecule has 9 fully saturated rings. The maximum Gasteiger partial charge on any atom is 0.187 e. The van der Waals surface area contributed by atoms with Crippen LogP contribution in [0.1, 0.15) is 99.8 Å². The molecule has 5 heterocycles. The van der Waals surface area contributed by atoms with Crippen LogP contribution in [0.25, 0.3) is 0 Å². The minimum atomic E-state index is -1.91. The van der Waals surface area contributed by atoms with Crippen molar-refractivity contribution >= 4 is 0 Å². The molecule has 10 aliphatic rings. The first kappa shape index (κ1) is 67.5. The highest BCUT2D eigenvalue weighted by Gasteiger charge is 2.74. The molecule has 0 aromatic rings. The fourth-order valence-corrected chi connectivity index (χ4v) is 18.2. The minimum Gasteiger partial charge on any atom is -0.396 e. The van der Waals surface area contributed by atoms with Crippen molar-refractivity contribution in [2.24, 2.45) is 50.2 Å². The van der Waals surface area contributed by atoms with E-state index in [0.717, 1.165) is 5.57 Å². The van der Waals surface area contributed by atoms with E-state index in [1.165, 1.54) is 6.92 Å². The van der Waals surface area contributed by atoms with Gasteiger partial charge in [-0.2, -0.15) is 0 Å². The van der Waals surface area contributed by atoms with Gasteiger partial charge in [0, 0.05) is 10.8 Å². The minimum absolute atomic E-state index is 0.142. The summed E-state index contributed by atoms with van der Waals surface area (Å²) in [6.45, 7) is 11.3. The van der Waals surface area contributed by atoms with Gasteiger partial charge in [0.25, 0.3) is 0 Å². The van der Waals surface area contributed by atoms with Crippen molar-refractivity contribution in [2.75, 3.05) is 33.0 Å². The molecule has 0 radical (unpaired) electrons. The van der Waals surface area contributed by atoms with Gasteiger partial charge in [0.05, 0.1) is 57.5 Å². The molecule has 5 aliphatic heterocycles. The summed E-state index contributed by atoms with van der Waals surface area (Å²) < 4.78 is 53.4. The van der Waals surface area contributed by atoms with E-state index < -0.39 is 232 Å². The van der Waals surface area contributed by atoms with Gasteiger partial charge in [-0.15, -0.1) is 0 Å². The Hall–Kier alpha value is -1.38. The number of aliphatic hydroxyl groups excluding tert-OH is 17. The van der Waals surface area contributed by atoms with Crippen molar-refractivity contribution in [1.29, 1.82) is 0 Å². The number of hydrogen-bond donors (Lipinski definition) is 18. The molecule has 0 amide bonds. The molecule has 0 aromatic heterocycles. The summed E-state index contributed by atoms with van der Waals surface area (Å²) in [5, 5.41) is 200. The number of fused-ring (bicyclic) bond motifs is 7. The largest absolute Gasteiger partial charge is 0.396 e. The molecule has 35 atom stereocenters. The number of aliphatic hydroxyl groups is 17. The molecule has 28 nitrogen and oxygen atoms in total. The second kappa shape index (κ2) is 24.8. The maximum atomic E-state index is 13.3. The molecule has 0 bridgehead atoms. The molecule has 4 saturated carbocycles. The second-order valence-electron chi connectivity index (χ2n) is 28.6. The first-order valence-electron chi connectivity index (χ1n) is 30.5. The van der Waals surface area contributed by atoms with Crippen LogP contribution in [0.5, 0.6) is 0 Å². The van der Waals surface area contributed by atoms with E-state index in [0.29, 0.717) is 32.1 Å². The van der Waals surface area contributed by atoms with Gasteiger partial charge in [-0.1, -0.05) is 53.2 Å². The molecule has 0 aromatic carbocycles. The number of hydrogen-bond acceptors (Lipinski definition) is 28. The monoisotopic (exact) mass is 1240 g/mol. The molecule has 35 unspecified atom stereocenters. The van der Waals surface area contributed by atoms with Crippen molar-refractivity contribution in [1.82, 2.24) is 0 Å². The lowest BCUT2D eigenvalue weighted by Crippen LogP contribution is -2.72. The van der Waals surface area contributed by atoms with Crippen LogP contribution >= 0.6 is 0 Å². The third-order valence-electron chi connectivity index (χ3n) is 23.3. The van der Waals surface area contributed by atoms with Gasteiger partial charge in [-0.25, -0.2) is 4.89 Å². The Balaban J connectivity index is 0.898. The number of rotatable bonds is 14. The Bertz CT molecular complexity index is 2360. The van der Waals surface area contributed by atoms with E-state index >= 15 is 0 Å². The van der Waals surface area contributed by atoms with Crippen molar-refractivity contribution in [3.05, 3.63) is 11.6 Å². The Morgan fingerprint density at radius 3 is 1.83 bits per heavy atom. The van der Waals surface area contributed by atoms with E-state index in [1.807, 2.05) is 0 Å². The van der Waals surface area contributed by atoms with Crippen LogP contribution < -0.4 is 0 Å². The van der Waals surface area contributed by atoms with Crippen LogP contribution in [0.4, 0.5) is 0 Å². The molecular weight excluding hydrogens is 1140 g/mol. The smallest absolute Gasteiger partial charge is 0.187 e. The van der Waals surface area contributed by atoms with Crippen LogP contribution in [0.2, 0.25) is 0 Å². The molecule has 0 spiro atoms. The highest BCUT2D eigenvalue weighted by atomic mass is 17.1. The first-order valence-corrected chi connectivity index (χ1v) is 30.5. The fraction of sp³-hybridized carbons (Fsp3) is 0.966. The van der Waals surface area contributed by atoms with E-state index in [2.05, 4.69) is 40.7 Å². The van der Waals surface area contributed by atoms with Gasteiger partial charge in [-0.05, 0) is 97.7 Å². The normalized spacial score (nSPS) is 56.1. The van der Waals surface area contributed by atoms with Gasteiger partial charge in [0.15, 0.2) is 25.2 Å². The van der Waals surface area contributed by atoms with Crippen molar-refractivity contribution in [3.63, 3.8) is 0 Å². The summed E-state index contributed by atoms with van der Waals surface area (Å²) >= 11 is 0. The Morgan fingerprint density at radius 2 is 1.16 bits per heavy atom. The van der Waals surface area contributed by atoms with Gasteiger partial charge in [0.1, 0.15) is 116 Å². The molecule has 86 heavy (non-hydrogen) atoms. The number of allylic oxidation sites excluding steroid dienone is 2. The van der Waals surface area contributed by atoms with Crippen LogP contribution in [0.15, 0.2) is 11.6 Å². The summed E-state index contributed by atoms with van der Waals surface area (Å²) in [6, 6.07) is 0. The quantitative estimate of drug-likeness (QED) is 0.0337. The molecule has 496 valence electrons.